The molecule has 1 unspecified atom stereocenters. The molecule has 0 spiro atoms. The number of aryl methyl sites for hydroxylation is 1. The van der Waals surface area contributed by atoms with E-state index in [9.17, 15) is 4.79 Å². The number of likely N-dealkylation sites (tertiary alicyclic amines) is 1. The Morgan fingerprint density at radius 3 is 2.96 bits per heavy atom. The molecule has 1 fully saturated rings. The highest BCUT2D eigenvalue weighted by Gasteiger charge is 2.28. The molecule has 1 saturated heterocycles. The van der Waals surface area contributed by atoms with E-state index >= 15 is 0 Å². The van der Waals surface area contributed by atoms with Crippen LogP contribution >= 0.6 is 0 Å². The highest BCUT2D eigenvalue weighted by molar-refractivity contribution is 5.75. The van der Waals surface area contributed by atoms with Gasteiger partial charge < -0.3 is 15.1 Å². The van der Waals surface area contributed by atoms with Crippen LogP contribution in [-0.4, -0.2) is 41.8 Å². The number of carbonyl (C=O) groups is 1. The van der Waals surface area contributed by atoms with Gasteiger partial charge >= 0.3 is 6.03 Å². The molecule has 6 heteroatoms. The number of rotatable bonds is 4. The van der Waals surface area contributed by atoms with Crippen molar-refractivity contribution in [1.29, 1.82) is 0 Å². The largest absolute Gasteiger partial charge is 0.377 e. The first-order valence-corrected chi connectivity index (χ1v) is 8.86. The van der Waals surface area contributed by atoms with Crippen molar-refractivity contribution >= 4 is 11.7 Å². The Kier molecular flexibility index (Phi) is 5.26. The number of nitrogens with one attached hydrogen (secondary N) is 2. The highest BCUT2D eigenvalue weighted by atomic mass is 16.2. The highest BCUT2D eigenvalue weighted by Crippen LogP contribution is 2.30. The quantitative estimate of drug-likeness (QED) is 0.897. The lowest BCUT2D eigenvalue weighted by Crippen LogP contribution is -2.44. The summed E-state index contributed by atoms with van der Waals surface area (Å²) in [6.45, 7) is 3.40. The minimum atomic E-state index is -0.00354. The molecule has 1 atom stereocenters. The van der Waals surface area contributed by atoms with Gasteiger partial charge in [0.25, 0.3) is 0 Å². The smallest absolute Gasteiger partial charge is 0.318 e. The Hall–Kier alpha value is -2.50. The number of carbonyl (C=O) groups excluding carboxylic acids is 1. The van der Waals surface area contributed by atoms with Gasteiger partial charge in [0.15, 0.2) is 0 Å². The molecule has 0 bridgehead atoms. The van der Waals surface area contributed by atoms with Crippen LogP contribution in [0.2, 0.25) is 0 Å². The molecule has 2 N–H and O–H groups in total. The van der Waals surface area contributed by atoms with Crippen LogP contribution in [0.25, 0.3) is 0 Å². The van der Waals surface area contributed by atoms with Gasteiger partial charge in [0.2, 0.25) is 0 Å². The molecule has 1 aromatic heterocycles. The molecule has 1 aliphatic heterocycles. The van der Waals surface area contributed by atoms with E-state index in [0.29, 0.717) is 6.54 Å². The number of anilines is 1. The fourth-order valence-electron chi connectivity index (χ4n) is 3.48. The number of piperidine rings is 1. The zero-order valence-electron chi connectivity index (χ0n) is 15.2. The summed E-state index contributed by atoms with van der Waals surface area (Å²) in [4.78, 5) is 16.8. The van der Waals surface area contributed by atoms with Crippen molar-refractivity contribution in [2.75, 3.05) is 25.5 Å². The van der Waals surface area contributed by atoms with Gasteiger partial charge in [0.05, 0.1) is 12.2 Å². The van der Waals surface area contributed by atoms with Crippen LogP contribution in [0.15, 0.2) is 30.6 Å². The maximum Gasteiger partial charge on any atom is 0.318 e. The lowest BCUT2D eigenvalue weighted by Gasteiger charge is -2.35. The molecule has 0 aliphatic carbocycles. The summed E-state index contributed by atoms with van der Waals surface area (Å²) in [5, 5.41) is 10.00. The van der Waals surface area contributed by atoms with Crippen molar-refractivity contribution < 1.29 is 4.79 Å². The van der Waals surface area contributed by atoms with E-state index < -0.39 is 0 Å². The summed E-state index contributed by atoms with van der Waals surface area (Å²) in [7, 11) is 4.05. The summed E-state index contributed by atoms with van der Waals surface area (Å²) in [5.74, 6) is 0. The molecule has 6 nitrogen and oxygen atoms in total. The van der Waals surface area contributed by atoms with Crippen molar-refractivity contribution in [2.24, 2.45) is 0 Å². The Morgan fingerprint density at radius 2 is 2.24 bits per heavy atom. The summed E-state index contributed by atoms with van der Waals surface area (Å²) in [5.41, 5.74) is 4.57. The minimum Gasteiger partial charge on any atom is -0.377 e. The second-order valence-corrected chi connectivity index (χ2v) is 6.92. The van der Waals surface area contributed by atoms with Crippen LogP contribution in [-0.2, 0) is 6.54 Å². The van der Waals surface area contributed by atoms with Gasteiger partial charge in [-0.15, -0.1) is 0 Å². The van der Waals surface area contributed by atoms with Gasteiger partial charge in [-0.1, -0.05) is 12.1 Å². The molecule has 0 saturated carbocycles. The summed E-state index contributed by atoms with van der Waals surface area (Å²) in [6, 6.07) is 6.43. The molecule has 2 heterocycles. The maximum absolute atomic E-state index is 12.8. The monoisotopic (exact) mass is 341 g/mol. The molecule has 134 valence electrons. The molecule has 0 radical (unpaired) electrons. The van der Waals surface area contributed by atoms with Gasteiger partial charge in [-0.3, -0.25) is 5.10 Å². The fourth-order valence-corrected chi connectivity index (χ4v) is 3.48. The zero-order valence-corrected chi connectivity index (χ0v) is 15.2. The topological polar surface area (TPSA) is 64.3 Å². The third-order valence-corrected chi connectivity index (χ3v) is 4.82. The molecule has 1 aromatic carbocycles. The van der Waals surface area contributed by atoms with Crippen LogP contribution in [0.4, 0.5) is 10.5 Å². The number of H-pyrrole nitrogens is 1. The lowest BCUT2D eigenvalue weighted by atomic mass is 9.98. The minimum absolute atomic E-state index is 0.00354. The maximum atomic E-state index is 12.8. The van der Waals surface area contributed by atoms with Crippen LogP contribution in [0.3, 0.4) is 0 Å². The van der Waals surface area contributed by atoms with E-state index in [0.717, 1.165) is 42.6 Å². The van der Waals surface area contributed by atoms with E-state index in [4.69, 9.17) is 0 Å². The van der Waals surface area contributed by atoms with Crippen LogP contribution in [0, 0.1) is 6.92 Å². The van der Waals surface area contributed by atoms with Crippen molar-refractivity contribution in [3.05, 3.63) is 47.3 Å². The number of urea groups is 1. The molecule has 2 aromatic rings. The molecule has 3 rings (SSSR count). The average molecular weight is 341 g/mol. The SMILES string of the molecule is Cc1ccc(CNC(=O)N2CCCCC2c2cn[nH]c2)c(N(C)C)c1. The van der Waals surface area contributed by atoms with Gasteiger partial charge in [-0.25, -0.2) is 4.79 Å². The summed E-state index contributed by atoms with van der Waals surface area (Å²) in [6.07, 6.45) is 6.89. The van der Waals surface area contributed by atoms with E-state index in [2.05, 4.69) is 45.5 Å². The third-order valence-electron chi connectivity index (χ3n) is 4.82. The predicted octanol–water partition coefficient (Wildman–Crippen LogP) is 3.22. The van der Waals surface area contributed by atoms with E-state index in [-0.39, 0.29) is 12.1 Å². The third kappa shape index (κ3) is 3.95. The average Bonchev–Trinajstić information content (AvgIpc) is 3.14. The van der Waals surface area contributed by atoms with Gasteiger partial charge in [0.1, 0.15) is 0 Å². The van der Waals surface area contributed by atoms with Crippen molar-refractivity contribution in [3.8, 4) is 0 Å². The number of aromatic amines is 1. The second kappa shape index (κ2) is 7.59. The molecular weight excluding hydrogens is 314 g/mol. The number of hydrogen-bond acceptors (Lipinski definition) is 3. The van der Waals surface area contributed by atoms with Crippen molar-refractivity contribution in [1.82, 2.24) is 20.4 Å². The van der Waals surface area contributed by atoms with E-state index in [1.54, 1.807) is 0 Å². The first-order valence-electron chi connectivity index (χ1n) is 8.86. The molecular formula is C19H27N5O. The number of aromatic nitrogens is 2. The van der Waals surface area contributed by atoms with Crippen LogP contribution < -0.4 is 10.2 Å². The Balaban J connectivity index is 1.69. The molecule has 1 aliphatic rings. The summed E-state index contributed by atoms with van der Waals surface area (Å²) >= 11 is 0. The van der Waals surface area contributed by atoms with Gasteiger partial charge in [-0.05, 0) is 43.4 Å². The number of hydrogen-bond donors (Lipinski definition) is 2. The van der Waals surface area contributed by atoms with Crippen molar-refractivity contribution in [2.45, 2.75) is 38.8 Å². The standard InChI is InChI=1S/C19H27N5O/c1-14-7-8-15(18(10-14)23(2)3)11-20-19(25)24-9-5-4-6-17(24)16-12-21-22-13-16/h7-8,10,12-13,17H,4-6,9,11H2,1-3H3,(H,20,25)(H,21,22). The van der Waals surface area contributed by atoms with Gasteiger partial charge in [0, 0.05) is 44.6 Å². The van der Waals surface area contributed by atoms with Gasteiger partial charge in [-0.2, -0.15) is 5.10 Å². The van der Waals surface area contributed by atoms with Crippen LogP contribution in [0.1, 0.15) is 42.0 Å². The predicted molar refractivity (Wildman–Crippen MR) is 99.6 cm³/mol. The first-order chi connectivity index (χ1) is 12.1. The molecule has 25 heavy (non-hydrogen) atoms. The fraction of sp³-hybridized carbons (Fsp3) is 0.474. The Morgan fingerprint density at radius 1 is 1.40 bits per heavy atom. The van der Waals surface area contributed by atoms with E-state index in [1.165, 1.54) is 5.56 Å². The summed E-state index contributed by atoms with van der Waals surface area (Å²) < 4.78 is 0. The molecule has 2 amide bonds. The van der Waals surface area contributed by atoms with Crippen LogP contribution in [0.5, 0.6) is 0 Å². The number of nitrogens with zero attached hydrogens (tertiary/aromatic N) is 3. The van der Waals surface area contributed by atoms with E-state index in [1.807, 2.05) is 31.4 Å². The first kappa shape index (κ1) is 17.3. The normalized spacial score (nSPS) is 17.4. The Labute approximate surface area is 149 Å². The Bertz CT molecular complexity index is 711. The second-order valence-electron chi connectivity index (χ2n) is 6.92. The number of amides is 2. The lowest BCUT2D eigenvalue weighted by molar-refractivity contribution is 0.151. The number of benzene rings is 1. The zero-order chi connectivity index (χ0) is 17.8. The van der Waals surface area contributed by atoms with Crippen molar-refractivity contribution in [3.63, 3.8) is 0 Å².